The molecule has 1 aromatic carbocycles. The number of nitrogens with zero attached hydrogens (tertiary/aromatic N) is 2. The largest absolute Gasteiger partial charge is 0.382 e. The van der Waals surface area contributed by atoms with E-state index >= 15 is 0 Å². The molecule has 0 bridgehead atoms. The smallest absolute Gasteiger partial charge is 0.193 e. The van der Waals surface area contributed by atoms with Crippen LogP contribution in [0.3, 0.4) is 0 Å². The molecule has 1 atom stereocenters. The molecule has 3 rings (SSSR count). The van der Waals surface area contributed by atoms with Gasteiger partial charge in [-0.25, -0.2) is 9.97 Å². The van der Waals surface area contributed by atoms with Crippen molar-refractivity contribution < 1.29 is 0 Å². The molecule has 1 aliphatic heterocycles. The van der Waals surface area contributed by atoms with E-state index in [1.54, 1.807) is 18.2 Å². The third kappa shape index (κ3) is 1.85. The summed E-state index contributed by atoms with van der Waals surface area (Å²) in [5, 5.41) is 6.92. The van der Waals surface area contributed by atoms with E-state index in [1.165, 1.54) is 6.33 Å². The molecule has 2 aromatic rings. The first kappa shape index (κ1) is 12.3. The van der Waals surface area contributed by atoms with Crippen molar-refractivity contribution >= 4 is 40.5 Å². The van der Waals surface area contributed by atoms with E-state index in [1.807, 2.05) is 0 Å². The van der Waals surface area contributed by atoms with Gasteiger partial charge in [-0.1, -0.05) is 29.3 Å². The maximum Gasteiger partial charge on any atom is 0.193 e. The molecule has 1 aliphatic rings. The number of aromatic nitrogens is 2. The summed E-state index contributed by atoms with van der Waals surface area (Å²) in [5.74, 6) is -0.374. The number of halogens is 2. The van der Waals surface area contributed by atoms with Crippen molar-refractivity contribution in [2.24, 2.45) is 5.73 Å². The Morgan fingerprint density at radius 1 is 1.11 bits per heavy atom. The van der Waals surface area contributed by atoms with Crippen molar-refractivity contribution in [3.8, 4) is 0 Å². The van der Waals surface area contributed by atoms with Crippen molar-refractivity contribution in [2.45, 2.75) is 5.79 Å². The summed E-state index contributed by atoms with van der Waals surface area (Å²) in [4.78, 5) is 7.97. The highest BCUT2D eigenvalue weighted by Gasteiger charge is 2.39. The van der Waals surface area contributed by atoms with Crippen LogP contribution in [-0.4, -0.2) is 9.97 Å². The van der Waals surface area contributed by atoms with Crippen LogP contribution in [0.5, 0.6) is 0 Å². The predicted molar refractivity (Wildman–Crippen MR) is 76.0 cm³/mol. The molecule has 6 N–H and O–H groups in total. The molecule has 0 radical (unpaired) electrons. The Hall–Kier alpha value is -1.76. The second-order valence-electron chi connectivity index (χ2n) is 4.14. The van der Waals surface area contributed by atoms with E-state index in [-0.39, 0.29) is 0 Å². The lowest BCUT2D eigenvalue weighted by Gasteiger charge is -2.27. The predicted octanol–water partition coefficient (Wildman–Crippen LogP) is 1.97. The number of nitrogens with two attached hydrogens (primary N) is 2. The lowest BCUT2D eigenvalue weighted by atomic mass is 10.1. The van der Waals surface area contributed by atoms with Crippen molar-refractivity contribution in [3.63, 3.8) is 0 Å². The van der Waals surface area contributed by atoms with Gasteiger partial charge in [0.05, 0.1) is 15.6 Å². The number of nitrogens with one attached hydrogen (secondary N) is 2. The molecule has 0 spiro atoms. The summed E-state index contributed by atoms with van der Waals surface area (Å²) in [5.41, 5.74) is 13.1. The monoisotopic (exact) mass is 296 g/mol. The Morgan fingerprint density at radius 3 is 2.42 bits per heavy atom. The van der Waals surface area contributed by atoms with Crippen molar-refractivity contribution in [3.05, 3.63) is 40.1 Å². The fraction of sp³-hybridized carbons (Fsp3) is 0.0909. The number of rotatable bonds is 1. The Kier molecular flexibility index (Phi) is 2.67. The quantitative estimate of drug-likeness (QED) is 0.642. The second-order valence-corrected chi connectivity index (χ2v) is 4.95. The van der Waals surface area contributed by atoms with Crippen LogP contribution in [0, 0.1) is 0 Å². The molecule has 19 heavy (non-hydrogen) atoms. The minimum absolute atomic E-state index is 0.299. The zero-order valence-corrected chi connectivity index (χ0v) is 11.1. The van der Waals surface area contributed by atoms with Gasteiger partial charge in [-0.2, -0.15) is 0 Å². The molecule has 0 saturated heterocycles. The molecule has 0 aliphatic carbocycles. The topological polar surface area (TPSA) is 102 Å². The Bertz CT molecular complexity index is 641. The first-order valence-electron chi connectivity index (χ1n) is 5.41. The molecule has 8 heteroatoms. The molecule has 2 heterocycles. The first-order valence-corrected chi connectivity index (χ1v) is 6.17. The molecule has 1 unspecified atom stereocenters. The van der Waals surface area contributed by atoms with Crippen LogP contribution in [0.15, 0.2) is 24.5 Å². The third-order valence-corrected chi connectivity index (χ3v) is 3.50. The molecular formula is C11H10Cl2N6. The number of anilines is 3. The zero-order valence-electron chi connectivity index (χ0n) is 9.61. The van der Waals surface area contributed by atoms with Crippen LogP contribution in [0.1, 0.15) is 5.56 Å². The van der Waals surface area contributed by atoms with E-state index in [4.69, 9.17) is 34.7 Å². The van der Waals surface area contributed by atoms with E-state index in [0.717, 1.165) is 0 Å². The fourth-order valence-electron chi connectivity index (χ4n) is 2.03. The van der Waals surface area contributed by atoms with Gasteiger partial charge >= 0.3 is 0 Å². The normalized spacial score (nSPS) is 20.6. The van der Waals surface area contributed by atoms with Crippen LogP contribution in [0.25, 0.3) is 0 Å². The SMILES string of the molecule is Nc1ncnc2c1NC(N)(c1c(Cl)cccc1Cl)N2. The Labute approximate surface area is 119 Å². The first-order chi connectivity index (χ1) is 9.01. The van der Waals surface area contributed by atoms with Gasteiger partial charge in [0.25, 0.3) is 0 Å². The number of nitrogen functional groups attached to an aromatic ring is 1. The summed E-state index contributed by atoms with van der Waals surface area (Å²) < 4.78 is 0. The van der Waals surface area contributed by atoms with Gasteiger partial charge in [-0.05, 0) is 12.1 Å². The van der Waals surface area contributed by atoms with Crippen LogP contribution < -0.4 is 22.1 Å². The maximum atomic E-state index is 6.29. The summed E-state index contributed by atoms with van der Waals surface area (Å²) in [6.07, 6.45) is 1.35. The summed E-state index contributed by atoms with van der Waals surface area (Å²) in [6, 6.07) is 5.16. The van der Waals surface area contributed by atoms with E-state index in [0.29, 0.717) is 32.9 Å². The summed E-state index contributed by atoms with van der Waals surface area (Å²) in [7, 11) is 0. The van der Waals surface area contributed by atoms with Gasteiger partial charge in [0.2, 0.25) is 0 Å². The number of fused-ring (bicyclic) bond motifs is 1. The van der Waals surface area contributed by atoms with Crippen LogP contribution in [0.4, 0.5) is 17.3 Å². The molecule has 0 fully saturated rings. The Morgan fingerprint density at radius 2 is 1.79 bits per heavy atom. The lowest BCUT2D eigenvalue weighted by Crippen LogP contribution is -2.48. The molecule has 1 aromatic heterocycles. The fourth-order valence-corrected chi connectivity index (χ4v) is 2.73. The van der Waals surface area contributed by atoms with Gasteiger partial charge in [-0.3, -0.25) is 5.73 Å². The van der Waals surface area contributed by atoms with Gasteiger partial charge in [0, 0.05) is 0 Å². The average Bonchev–Trinajstić information content (AvgIpc) is 2.68. The highest BCUT2D eigenvalue weighted by atomic mass is 35.5. The second kappa shape index (κ2) is 4.12. The number of benzene rings is 1. The maximum absolute atomic E-state index is 6.29. The lowest BCUT2D eigenvalue weighted by molar-refractivity contribution is 0.611. The van der Waals surface area contributed by atoms with Crippen molar-refractivity contribution in [1.82, 2.24) is 9.97 Å². The molecule has 98 valence electrons. The van der Waals surface area contributed by atoms with Gasteiger partial charge < -0.3 is 16.4 Å². The number of hydrogen-bond donors (Lipinski definition) is 4. The highest BCUT2D eigenvalue weighted by molar-refractivity contribution is 6.36. The summed E-state index contributed by atoms with van der Waals surface area (Å²) in [6.45, 7) is 0. The standard InChI is InChI=1S/C11H10Cl2N6/c12-5-2-1-3-6(13)7(5)11(15)18-8-9(14)16-4-17-10(8)19-11/h1-4,18H,15H2,(H3,14,16,17,19). The molecule has 0 saturated carbocycles. The van der Waals surface area contributed by atoms with Crippen molar-refractivity contribution in [2.75, 3.05) is 16.4 Å². The molecule has 6 nitrogen and oxygen atoms in total. The van der Waals surface area contributed by atoms with Gasteiger partial charge in [0.15, 0.2) is 17.4 Å². The third-order valence-electron chi connectivity index (χ3n) is 2.87. The van der Waals surface area contributed by atoms with E-state index in [2.05, 4.69) is 20.6 Å². The average molecular weight is 297 g/mol. The van der Waals surface area contributed by atoms with Crippen LogP contribution in [-0.2, 0) is 5.79 Å². The van der Waals surface area contributed by atoms with Gasteiger partial charge in [0.1, 0.15) is 12.0 Å². The van der Waals surface area contributed by atoms with Gasteiger partial charge in [-0.15, -0.1) is 0 Å². The zero-order chi connectivity index (χ0) is 13.6. The molecular weight excluding hydrogens is 287 g/mol. The minimum atomic E-state index is -1.18. The van der Waals surface area contributed by atoms with Crippen LogP contribution >= 0.6 is 23.2 Å². The Balaban J connectivity index is 2.11. The van der Waals surface area contributed by atoms with Crippen molar-refractivity contribution in [1.29, 1.82) is 0 Å². The van der Waals surface area contributed by atoms with Crippen LogP contribution in [0.2, 0.25) is 10.0 Å². The van der Waals surface area contributed by atoms with E-state index in [9.17, 15) is 0 Å². The summed E-state index contributed by atoms with van der Waals surface area (Å²) >= 11 is 12.3. The number of hydrogen-bond acceptors (Lipinski definition) is 6. The van der Waals surface area contributed by atoms with E-state index < -0.39 is 5.79 Å². The highest BCUT2D eigenvalue weighted by Crippen LogP contribution is 2.41. The minimum Gasteiger partial charge on any atom is -0.382 e. The molecule has 0 amide bonds.